The molecule has 0 saturated carbocycles. The van der Waals surface area contributed by atoms with Crippen LogP contribution in [0.4, 0.5) is 14.5 Å². The van der Waals surface area contributed by atoms with E-state index in [1.54, 1.807) is 18.2 Å². The third-order valence-electron chi connectivity index (χ3n) is 3.38. The third-order valence-corrected chi connectivity index (χ3v) is 4.93. The van der Waals surface area contributed by atoms with Gasteiger partial charge < -0.3 is 4.98 Å². The van der Waals surface area contributed by atoms with Crippen molar-refractivity contribution in [2.45, 2.75) is 4.90 Å². The first kappa shape index (κ1) is 17.8. The molecule has 0 atom stereocenters. The van der Waals surface area contributed by atoms with E-state index in [4.69, 9.17) is 16.9 Å². The fraction of sp³-hybridized carbons (Fsp3) is 0. The van der Waals surface area contributed by atoms with E-state index in [9.17, 15) is 17.2 Å². The monoisotopic (exact) mass is 394 g/mol. The molecule has 6 nitrogen and oxygen atoms in total. The summed E-state index contributed by atoms with van der Waals surface area (Å²) < 4.78 is 54.3. The van der Waals surface area contributed by atoms with Crippen molar-refractivity contribution in [3.05, 3.63) is 64.9 Å². The minimum atomic E-state index is -4.20. The molecule has 0 aliphatic carbocycles. The summed E-state index contributed by atoms with van der Waals surface area (Å²) in [6.45, 7) is 0. The van der Waals surface area contributed by atoms with Crippen molar-refractivity contribution in [2.75, 3.05) is 4.72 Å². The highest BCUT2D eigenvalue weighted by Gasteiger charge is 2.20. The molecule has 0 saturated heterocycles. The largest absolute Gasteiger partial charge is 0.359 e. The summed E-state index contributed by atoms with van der Waals surface area (Å²) in [5.74, 6) is -2.11. The van der Waals surface area contributed by atoms with Gasteiger partial charge in [0.25, 0.3) is 10.0 Å². The Morgan fingerprint density at radius 3 is 2.65 bits per heavy atom. The van der Waals surface area contributed by atoms with Gasteiger partial charge in [-0.25, -0.2) is 22.2 Å². The summed E-state index contributed by atoms with van der Waals surface area (Å²) in [7, 11) is -4.20. The Bertz CT molecular complexity index is 1140. The van der Waals surface area contributed by atoms with E-state index in [-0.39, 0.29) is 10.0 Å². The molecule has 3 aromatic rings. The highest BCUT2D eigenvalue weighted by Crippen LogP contribution is 2.25. The molecule has 2 N–H and O–H groups in total. The first-order chi connectivity index (χ1) is 12.3. The molecule has 0 amide bonds. The Labute approximate surface area is 152 Å². The molecule has 0 aliphatic rings. The van der Waals surface area contributed by atoms with Gasteiger partial charge in [-0.1, -0.05) is 17.7 Å². The van der Waals surface area contributed by atoms with Crippen LogP contribution in [0, 0.1) is 23.0 Å². The number of H-pyrrole nitrogens is 1. The zero-order valence-electron chi connectivity index (χ0n) is 12.8. The third kappa shape index (κ3) is 3.51. The minimum Gasteiger partial charge on any atom is -0.359 e. The molecular formula is C16H9ClF2N4O2S. The number of hydrogen-bond donors (Lipinski definition) is 2. The first-order valence-corrected chi connectivity index (χ1v) is 8.89. The van der Waals surface area contributed by atoms with Crippen LogP contribution >= 0.6 is 11.6 Å². The number of nitriles is 1. The predicted octanol–water partition coefficient (Wildman–Crippen LogP) is 3.68. The van der Waals surface area contributed by atoms with E-state index in [0.717, 1.165) is 0 Å². The smallest absolute Gasteiger partial charge is 0.263 e. The molecule has 0 unspecified atom stereocenters. The van der Waals surface area contributed by atoms with E-state index >= 15 is 0 Å². The number of anilines is 1. The van der Waals surface area contributed by atoms with Crippen LogP contribution < -0.4 is 4.72 Å². The van der Waals surface area contributed by atoms with E-state index < -0.39 is 32.9 Å². The van der Waals surface area contributed by atoms with Crippen molar-refractivity contribution in [3.8, 4) is 17.5 Å². The normalized spacial score (nSPS) is 11.2. The summed E-state index contributed by atoms with van der Waals surface area (Å²) in [6.07, 6.45) is 1.18. The molecule has 0 radical (unpaired) electrons. The zero-order valence-corrected chi connectivity index (χ0v) is 14.4. The first-order valence-electron chi connectivity index (χ1n) is 7.03. The van der Waals surface area contributed by atoms with Crippen molar-refractivity contribution in [1.29, 1.82) is 5.26 Å². The average Bonchev–Trinajstić information content (AvgIpc) is 3.09. The average molecular weight is 395 g/mol. The van der Waals surface area contributed by atoms with Gasteiger partial charge in [-0.2, -0.15) is 5.26 Å². The minimum absolute atomic E-state index is 0.210. The van der Waals surface area contributed by atoms with Crippen molar-refractivity contribution < 1.29 is 17.2 Å². The molecule has 10 heteroatoms. The van der Waals surface area contributed by atoms with Gasteiger partial charge in [0.15, 0.2) is 0 Å². The summed E-state index contributed by atoms with van der Waals surface area (Å²) in [5.41, 5.74) is -0.347. The summed E-state index contributed by atoms with van der Waals surface area (Å²) >= 11 is 5.80. The second-order valence-electron chi connectivity index (χ2n) is 5.12. The molecule has 1 aromatic carbocycles. The van der Waals surface area contributed by atoms with Crippen molar-refractivity contribution in [1.82, 2.24) is 9.97 Å². The van der Waals surface area contributed by atoms with E-state index in [1.807, 2.05) is 4.72 Å². The Kier molecular flexibility index (Phi) is 4.63. The summed E-state index contributed by atoms with van der Waals surface area (Å²) in [5, 5.41) is 8.89. The Balaban J connectivity index is 1.93. The van der Waals surface area contributed by atoms with Crippen molar-refractivity contribution in [2.24, 2.45) is 0 Å². The number of nitrogens with zero attached hydrogens (tertiary/aromatic N) is 2. The maximum Gasteiger partial charge on any atom is 0.263 e. The van der Waals surface area contributed by atoms with Crippen molar-refractivity contribution >= 4 is 27.3 Å². The van der Waals surface area contributed by atoms with E-state index in [0.29, 0.717) is 23.5 Å². The second kappa shape index (κ2) is 6.74. The molecule has 0 aliphatic heterocycles. The van der Waals surface area contributed by atoms with Crippen LogP contribution in [0.2, 0.25) is 5.15 Å². The molecule has 0 bridgehead atoms. The van der Waals surface area contributed by atoms with E-state index in [2.05, 4.69) is 9.97 Å². The van der Waals surface area contributed by atoms with Crippen LogP contribution in [-0.4, -0.2) is 18.4 Å². The number of aromatic amines is 1. The highest BCUT2D eigenvalue weighted by atomic mass is 35.5. The molecule has 2 heterocycles. The van der Waals surface area contributed by atoms with Crippen LogP contribution in [0.15, 0.2) is 47.5 Å². The lowest BCUT2D eigenvalue weighted by Gasteiger charge is -2.08. The molecule has 26 heavy (non-hydrogen) atoms. The maximum absolute atomic E-state index is 13.9. The summed E-state index contributed by atoms with van der Waals surface area (Å²) in [6, 6.07) is 8.80. The maximum atomic E-state index is 13.9. The lowest BCUT2D eigenvalue weighted by Crippen LogP contribution is -2.13. The van der Waals surface area contributed by atoms with Gasteiger partial charge in [-0.05, 0) is 24.3 Å². The number of benzene rings is 1. The number of hydrogen-bond acceptors (Lipinski definition) is 4. The van der Waals surface area contributed by atoms with Gasteiger partial charge in [0.1, 0.15) is 27.8 Å². The van der Waals surface area contributed by atoms with Crippen LogP contribution in [0.3, 0.4) is 0 Å². The molecule has 0 fully saturated rings. The SMILES string of the molecule is N#Cc1cc(F)c(NS(=O)(=O)c2c[nH]c(-c3cccc(Cl)n3)c2)cc1F. The fourth-order valence-corrected chi connectivity index (χ4v) is 3.36. The lowest BCUT2D eigenvalue weighted by atomic mass is 10.2. The number of pyridine rings is 1. The van der Waals surface area contributed by atoms with Crippen LogP contribution in [-0.2, 0) is 10.0 Å². The quantitative estimate of drug-likeness (QED) is 0.659. The van der Waals surface area contributed by atoms with Crippen LogP contribution in [0.25, 0.3) is 11.4 Å². The van der Waals surface area contributed by atoms with Gasteiger partial charge in [0.2, 0.25) is 0 Å². The Morgan fingerprint density at radius 2 is 1.96 bits per heavy atom. The molecule has 3 rings (SSSR count). The number of halogens is 3. The van der Waals surface area contributed by atoms with E-state index in [1.165, 1.54) is 18.3 Å². The van der Waals surface area contributed by atoms with Crippen molar-refractivity contribution in [3.63, 3.8) is 0 Å². The number of nitrogens with one attached hydrogen (secondary N) is 2. The second-order valence-corrected chi connectivity index (χ2v) is 7.19. The standard InChI is InChI=1S/C16H9ClF2N4O2S/c17-16-3-1-2-13(22-16)15-5-10(8-21-15)26(24,25)23-14-6-11(18)9(7-20)4-12(14)19/h1-6,8,21,23H. The van der Waals surface area contributed by atoms with Crippen LogP contribution in [0.5, 0.6) is 0 Å². The van der Waals surface area contributed by atoms with Gasteiger partial charge in [-0.3, -0.25) is 4.72 Å². The molecule has 132 valence electrons. The number of aromatic nitrogens is 2. The predicted molar refractivity (Wildman–Crippen MR) is 90.9 cm³/mol. The molecule has 0 spiro atoms. The summed E-state index contributed by atoms with van der Waals surface area (Å²) in [4.78, 5) is 6.57. The van der Waals surface area contributed by atoms with Gasteiger partial charge >= 0.3 is 0 Å². The van der Waals surface area contributed by atoms with Gasteiger partial charge in [0.05, 0.1) is 22.6 Å². The van der Waals surface area contributed by atoms with Gasteiger partial charge in [0, 0.05) is 12.3 Å². The molecule has 2 aromatic heterocycles. The fourth-order valence-electron chi connectivity index (χ4n) is 2.15. The number of sulfonamides is 1. The highest BCUT2D eigenvalue weighted by molar-refractivity contribution is 7.92. The topological polar surface area (TPSA) is 98.6 Å². The Morgan fingerprint density at radius 1 is 1.19 bits per heavy atom. The number of rotatable bonds is 4. The van der Waals surface area contributed by atoms with Crippen LogP contribution in [0.1, 0.15) is 5.56 Å². The lowest BCUT2D eigenvalue weighted by molar-refractivity contribution is 0.593. The zero-order chi connectivity index (χ0) is 18.9. The Hall–Kier alpha value is -2.96. The van der Waals surface area contributed by atoms with Gasteiger partial charge in [-0.15, -0.1) is 0 Å². The molecular weight excluding hydrogens is 386 g/mol.